The third-order valence-electron chi connectivity index (χ3n) is 7.73. The Labute approximate surface area is 206 Å². The quantitative estimate of drug-likeness (QED) is 0.587. The fourth-order valence-electron chi connectivity index (χ4n) is 5.36. The lowest BCUT2D eigenvalue weighted by Gasteiger charge is -2.47. The van der Waals surface area contributed by atoms with E-state index in [0.29, 0.717) is 17.0 Å². The van der Waals surface area contributed by atoms with Crippen LogP contribution in [0.5, 0.6) is 5.75 Å². The maximum atomic E-state index is 13.4. The van der Waals surface area contributed by atoms with Gasteiger partial charge in [-0.25, -0.2) is 4.79 Å². The van der Waals surface area contributed by atoms with Crippen molar-refractivity contribution in [2.75, 3.05) is 65.5 Å². The minimum Gasteiger partial charge on any atom is -0.495 e. The second kappa shape index (κ2) is 10.9. The van der Waals surface area contributed by atoms with Gasteiger partial charge >= 0.3 is 6.03 Å². The molecule has 0 aromatic heterocycles. The van der Waals surface area contributed by atoms with Gasteiger partial charge < -0.3 is 19.1 Å². The molecule has 4 amide bonds. The number of likely N-dealkylation sites (tertiary alicyclic amines) is 2. The fraction of sp³-hybridized carbons (Fsp3) is 0.640. The van der Waals surface area contributed by atoms with Crippen LogP contribution in [-0.2, 0) is 14.3 Å². The van der Waals surface area contributed by atoms with E-state index in [1.807, 2.05) is 4.90 Å². The third-order valence-corrected chi connectivity index (χ3v) is 7.73. The number of amides is 4. The highest BCUT2D eigenvalue weighted by Gasteiger charge is 2.39. The largest absolute Gasteiger partial charge is 0.495 e. The van der Waals surface area contributed by atoms with Crippen molar-refractivity contribution in [3.63, 3.8) is 0 Å². The van der Waals surface area contributed by atoms with Crippen molar-refractivity contribution in [3.05, 3.63) is 23.8 Å². The molecular formula is C25H36N4O6. The van der Waals surface area contributed by atoms with Gasteiger partial charge in [0.2, 0.25) is 5.91 Å². The molecule has 0 aliphatic carbocycles. The Hall–Kier alpha value is -2.69. The Morgan fingerprint density at radius 2 is 1.66 bits per heavy atom. The molecule has 1 spiro atoms. The van der Waals surface area contributed by atoms with Crippen molar-refractivity contribution in [1.29, 1.82) is 0 Å². The average Bonchev–Trinajstić information content (AvgIpc) is 2.88. The van der Waals surface area contributed by atoms with E-state index < -0.39 is 6.03 Å². The number of benzene rings is 1. The van der Waals surface area contributed by atoms with E-state index in [2.05, 4.69) is 10.2 Å². The number of piperidine rings is 2. The number of anilines is 1. The predicted molar refractivity (Wildman–Crippen MR) is 130 cm³/mol. The van der Waals surface area contributed by atoms with Gasteiger partial charge in [-0.15, -0.1) is 0 Å². The van der Waals surface area contributed by atoms with Gasteiger partial charge in [0.15, 0.2) is 6.29 Å². The van der Waals surface area contributed by atoms with Crippen LogP contribution in [0.25, 0.3) is 0 Å². The zero-order valence-corrected chi connectivity index (χ0v) is 20.9. The minimum atomic E-state index is -0.502. The van der Waals surface area contributed by atoms with Crippen LogP contribution >= 0.6 is 0 Å². The van der Waals surface area contributed by atoms with Crippen molar-refractivity contribution < 1.29 is 28.6 Å². The van der Waals surface area contributed by atoms with Crippen LogP contribution in [0.4, 0.5) is 10.5 Å². The molecule has 3 heterocycles. The predicted octanol–water partition coefficient (Wildman–Crippen LogP) is 2.08. The van der Waals surface area contributed by atoms with Crippen molar-refractivity contribution in [3.8, 4) is 5.75 Å². The number of hydrogen-bond donors (Lipinski definition) is 1. The summed E-state index contributed by atoms with van der Waals surface area (Å²) in [6, 6.07) is 4.64. The smallest absolute Gasteiger partial charge is 0.328 e. The van der Waals surface area contributed by atoms with Crippen LogP contribution in [0.3, 0.4) is 0 Å². The second-order valence-corrected chi connectivity index (χ2v) is 9.64. The van der Waals surface area contributed by atoms with Crippen molar-refractivity contribution in [2.24, 2.45) is 5.41 Å². The third kappa shape index (κ3) is 5.60. The van der Waals surface area contributed by atoms with Crippen LogP contribution in [0, 0.1) is 5.41 Å². The number of methoxy groups -OCH3 is 3. The molecule has 1 aromatic rings. The SMILES string of the molecule is COc1ccc(C(=O)N2CCC3(CCN(CC(OC)OC)CC3)CC2)cc1N1CCC(=O)NC1=O. The lowest BCUT2D eigenvalue weighted by Crippen LogP contribution is -2.50. The maximum absolute atomic E-state index is 13.4. The number of rotatable bonds is 7. The summed E-state index contributed by atoms with van der Waals surface area (Å²) in [5, 5.41) is 2.32. The fourth-order valence-corrected chi connectivity index (χ4v) is 5.36. The van der Waals surface area contributed by atoms with Crippen LogP contribution in [-0.4, -0.2) is 94.5 Å². The monoisotopic (exact) mass is 488 g/mol. The lowest BCUT2D eigenvalue weighted by molar-refractivity contribution is -0.121. The number of carbonyl (C=O) groups is 3. The molecule has 1 aromatic carbocycles. The maximum Gasteiger partial charge on any atom is 0.328 e. The molecule has 3 fully saturated rings. The van der Waals surface area contributed by atoms with Crippen LogP contribution < -0.4 is 15.0 Å². The average molecular weight is 489 g/mol. The van der Waals surface area contributed by atoms with Gasteiger partial charge in [-0.2, -0.15) is 0 Å². The van der Waals surface area contributed by atoms with E-state index in [1.54, 1.807) is 32.4 Å². The van der Waals surface area contributed by atoms with Gasteiger partial charge in [0.05, 0.1) is 12.8 Å². The van der Waals surface area contributed by atoms with E-state index in [0.717, 1.165) is 58.4 Å². The summed E-state index contributed by atoms with van der Waals surface area (Å²) < 4.78 is 16.1. The molecule has 10 nitrogen and oxygen atoms in total. The van der Waals surface area contributed by atoms with Crippen molar-refractivity contribution >= 4 is 23.5 Å². The molecule has 4 rings (SSSR count). The van der Waals surface area contributed by atoms with Gasteiger partial charge in [0.25, 0.3) is 5.91 Å². The molecule has 3 saturated heterocycles. The molecule has 0 radical (unpaired) electrons. The molecule has 3 aliphatic heterocycles. The number of imide groups is 1. The Kier molecular flexibility index (Phi) is 7.93. The highest BCUT2D eigenvalue weighted by atomic mass is 16.7. The highest BCUT2D eigenvalue weighted by Crippen LogP contribution is 2.41. The van der Waals surface area contributed by atoms with E-state index in [9.17, 15) is 14.4 Å². The first kappa shape index (κ1) is 25.4. The van der Waals surface area contributed by atoms with Gasteiger partial charge in [0, 0.05) is 52.4 Å². The molecule has 1 N–H and O–H groups in total. The topological polar surface area (TPSA) is 101 Å². The molecule has 3 aliphatic rings. The van der Waals surface area contributed by atoms with E-state index in [1.165, 1.54) is 12.0 Å². The van der Waals surface area contributed by atoms with Crippen LogP contribution in [0.2, 0.25) is 0 Å². The lowest BCUT2D eigenvalue weighted by atomic mass is 9.71. The molecule has 35 heavy (non-hydrogen) atoms. The Morgan fingerprint density at radius 3 is 2.26 bits per heavy atom. The minimum absolute atomic E-state index is 0.0438. The number of hydrogen-bond acceptors (Lipinski definition) is 7. The Bertz CT molecular complexity index is 932. The van der Waals surface area contributed by atoms with Gasteiger partial charge in [-0.3, -0.25) is 24.7 Å². The van der Waals surface area contributed by atoms with E-state index in [-0.39, 0.29) is 36.5 Å². The molecule has 0 saturated carbocycles. The zero-order chi connectivity index (χ0) is 25.0. The first-order valence-corrected chi connectivity index (χ1v) is 12.2. The summed E-state index contributed by atoms with van der Waals surface area (Å²) >= 11 is 0. The number of ether oxygens (including phenoxy) is 3. The standard InChI is InChI=1S/C25H36N4O6/c1-33-20-5-4-18(16-19(20)29-11-6-21(30)26-24(29)32)23(31)28-14-9-25(10-15-28)7-12-27(13-8-25)17-22(34-2)35-3/h4-5,16,22H,6-15,17H2,1-3H3,(H,26,30,32). The van der Waals surface area contributed by atoms with Gasteiger partial charge in [-0.05, 0) is 62.4 Å². The van der Waals surface area contributed by atoms with Gasteiger partial charge in [0.1, 0.15) is 5.75 Å². The molecule has 0 atom stereocenters. The molecule has 192 valence electrons. The van der Waals surface area contributed by atoms with Crippen molar-refractivity contribution in [2.45, 2.75) is 38.4 Å². The van der Waals surface area contributed by atoms with E-state index >= 15 is 0 Å². The number of urea groups is 1. The Morgan fingerprint density at radius 1 is 1.00 bits per heavy atom. The van der Waals surface area contributed by atoms with Crippen molar-refractivity contribution in [1.82, 2.24) is 15.1 Å². The molecular weight excluding hydrogens is 452 g/mol. The summed E-state index contributed by atoms with van der Waals surface area (Å²) in [6.07, 6.45) is 4.22. The number of carbonyl (C=O) groups excluding carboxylic acids is 3. The second-order valence-electron chi connectivity index (χ2n) is 9.64. The summed E-state index contributed by atoms with van der Waals surface area (Å²) in [5.41, 5.74) is 1.29. The van der Waals surface area contributed by atoms with Crippen LogP contribution in [0.1, 0.15) is 42.5 Å². The first-order chi connectivity index (χ1) is 16.9. The summed E-state index contributed by atoms with van der Waals surface area (Å²) in [5.74, 6) is 0.139. The highest BCUT2D eigenvalue weighted by molar-refractivity contribution is 6.07. The molecule has 10 heteroatoms. The number of nitrogens with one attached hydrogen (secondary N) is 1. The normalized spacial score (nSPS) is 20.9. The summed E-state index contributed by atoms with van der Waals surface area (Å²) in [6.45, 7) is 4.49. The Balaban J connectivity index is 1.37. The first-order valence-electron chi connectivity index (χ1n) is 12.2. The molecule has 0 unspecified atom stereocenters. The number of nitrogens with zero attached hydrogens (tertiary/aromatic N) is 3. The van der Waals surface area contributed by atoms with Gasteiger partial charge in [-0.1, -0.05) is 0 Å². The summed E-state index contributed by atoms with van der Waals surface area (Å²) in [4.78, 5) is 43.0. The van der Waals surface area contributed by atoms with E-state index in [4.69, 9.17) is 14.2 Å². The van der Waals surface area contributed by atoms with Crippen LogP contribution in [0.15, 0.2) is 18.2 Å². The molecule has 0 bridgehead atoms. The summed E-state index contributed by atoms with van der Waals surface area (Å²) in [7, 11) is 4.86. The zero-order valence-electron chi connectivity index (χ0n) is 20.9.